The Balaban J connectivity index is 1.54. The second kappa shape index (κ2) is 7.29. The number of aliphatic hydroxyl groups excluding tert-OH is 1. The van der Waals surface area contributed by atoms with Gasteiger partial charge in [-0.25, -0.2) is 0 Å². The zero-order valence-corrected chi connectivity index (χ0v) is 13.4. The van der Waals surface area contributed by atoms with Crippen LogP contribution in [0.25, 0.3) is 0 Å². The number of amides is 1. The zero-order valence-electron chi connectivity index (χ0n) is 13.4. The maximum Gasteiger partial charge on any atom is 0.251 e. The third-order valence-corrected chi connectivity index (χ3v) is 4.63. The van der Waals surface area contributed by atoms with E-state index in [2.05, 4.69) is 10.2 Å². The van der Waals surface area contributed by atoms with E-state index in [0.29, 0.717) is 24.6 Å². The highest BCUT2D eigenvalue weighted by Crippen LogP contribution is 2.24. The Hall–Kier alpha value is -1.63. The van der Waals surface area contributed by atoms with Crippen molar-refractivity contribution in [1.82, 2.24) is 10.2 Å². The van der Waals surface area contributed by atoms with E-state index in [4.69, 9.17) is 14.6 Å². The van der Waals surface area contributed by atoms with Crippen LogP contribution in [0.3, 0.4) is 0 Å². The first-order valence-corrected chi connectivity index (χ1v) is 8.11. The molecular weight excluding hydrogens is 296 g/mol. The molecule has 2 fully saturated rings. The van der Waals surface area contributed by atoms with Gasteiger partial charge in [-0.3, -0.25) is 9.69 Å². The SMILES string of the molecule is COc1ccc(C(=O)N[C@@H]2C[C@H]3CO[C@@H](CCO)CN3C2)cc1. The molecular formula is C17H24N2O4. The van der Waals surface area contributed by atoms with Crippen LogP contribution < -0.4 is 10.1 Å². The molecule has 0 unspecified atom stereocenters. The highest BCUT2D eigenvalue weighted by Gasteiger charge is 2.37. The van der Waals surface area contributed by atoms with E-state index in [1.54, 1.807) is 31.4 Å². The molecule has 1 amide bonds. The van der Waals surface area contributed by atoms with E-state index in [9.17, 15) is 4.79 Å². The first-order chi connectivity index (χ1) is 11.2. The molecule has 0 saturated carbocycles. The van der Waals surface area contributed by atoms with E-state index < -0.39 is 0 Å². The maximum atomic E-state index is 12.3. The van der Waals surface area contributed by atoms with Gasteiger partial charge in [-0.05, 0) is 37.1 Å². The Morgan fingerprint density at radius 3 is 2.87 bits per heavy atom. The number of ether oxygens (including phenoxy) is 2. The molecule has 0 bridgehead atoms. The molecule has 2 saturated heterocycles. The normalized spacial score (nSPS) is 27.5. The van der Waals surface area contributed by atoms with Gasteiger partial charge in [0.2, 0.25) is 0 Å². The van der Waals surface area contributed by atoms with Crippen molar-refractivity contribution in [2.45, 2.75) is 31.0 Å². The second-order valence-electron chi connectivity index (χ2n) is 6.21. The highest BCUT2D eigenvalue weighted by atomic mass is 16.5. The number of nitrogens with zero attached hydrogens (tertiary/aromatic N) is 1. The van der Waals surface area contributed by atoms with Gasteiger partial charge >= 0.3 is 0 Å². The summed E-state index contributed by atoms with van der Waals surface area (Å²) in [5.41, 5.74) is 0.644. The number of morpholine rings is 1. The molecule has 1 aromatic rings. The quantitative estimate of drug-likeness (QED) is 0.833. The van der Waals surface area contributed by atoms with Crippen LogP contribution >= 0.6 is 0 Å². The van der Waals surface area contributed by atoms with Crippen molar-refractivity contribution in [3.05, 3.63) is 29.8 Å². The lowest BCUT2D eigenvalue weighted by Gasteiger charge is -2.34. The molecule has 2 heterocycles. The minimum Gasteiger partial charge on any atom is -0.497 e. The van der Waals surface area contributed by atoms with Crippen molar-refractivity contribution in [2.24, 2.45) is 0 Å². The van der Waals surface area contributed by atoms with E-state index in [0.717, 1.165) is 25.3 Å². The topological polar surface area (TPSA) is 71.0 Å². The Morgan fingerprint density at radius 1 is 1.39 bits per heavy atom. The molecule has 126 valence electrons. The van der Waals surface area contributed by atoms with Crippen LogP contribution in [0, 0.1) is 0 Å². The fourth-order valence-corrected chi connectivity index (χ4v) is 3.38. The molecule has 0 spiro atoms. The molecule has 6 heteroatoms. The Labute approximate surface area is 136 Å². The molecule has 2 aliphatic heterocycles. The number of benzene rings is 1. The number of carbonyl (C=O) groups excluding carboxylic acids is 1. The van der Waals surface area contributed by atoms with Crippen molar-refractivity contribution < 1.29 is 19.4 Å². The maximum absolute atomic E-state index is 12.3. The van der Waals surface area contributed by atoms with Gasteiger partial charge in [-0.2, -0.15) is 0 Å². The predicted octanol–water partition coefficient (Wildman–Crippen LogP) is 0.649. The number of carbonyl (C=O) groups is 1. The average Bonchev–Trinajstić information content (AvgIpc) is 2.96. The van der Waals surface area contributed by atoms with Crippen LogP contribution in [0.1, 0.15) is 23.2 Å². The molecule has 6 nitrogen and oxygen atoms in total. The summed E-state index contributed by atoms with van der Waals surface area (Å²) in [5.74, 6) is 0.692. The number of hydrogen-bond acceptors (Lipinski definition) is 5. The van der Waals surface area contributed by atoms with Crippen LogP contribution in [0.2, 0.25) is 0 Å². The zero-order chi connectivity index (χ0) is 16.2. The summed E-state index contributed by atoms with van der Waals surface area (Å²) in [6.07, 6.45) is 1.69. The molecule has 0 aromatic heterocycles. The summed E-state index contributed by atoms with van der Waals surface area (Å²) in [6, 6.07) is 7.64. The van der Waals surface area contributed by atoms with Gasteiger partial charge in [0.15, 0.2) is 0 Å². The van der Waals surface area contributed by atoms with Gasteiger partial charge in [-0.1, -0.05) is 0 Å². The van der Waals surface area contributed by atoms with Crippen LogP contribution in [0.4, 0.5) is 0 Å². The molecule has 1 aromatic carbocycles. The van der Waals surface area contributed by atoms with Gasteiger partial charge in [0.1, 0.15) is 5.75 Å². The van der Waals surface area contributed by atoms with Crippen molar-refractivity contribution >= 4 is 5.91 Å². The number of rotatable bonds is 5. The van der Waals surface area contributed by atoms with Crippen LogP contribution in [-0.2, 0) is 4.74 Å². The molecule has 3 rings (SSSR count). The standard InChI is InChI=1S/C17H24N2O4/c1-22-15-4-2-12(3-5-15)17(21)18-13-8-14-11-23-16(6-7-20)10-19(14)9-13/h2-5,13-14,16,20H,6-11H2,1H3,(H,18,21)/t13-,14+,16+/m1/s1. The molecule has 0 radical (unpaired) electrons. The fraction of sp³-hybridized carbons (Fsp3) is 0.588. The van der Waals surface area contributed by atoms with Crippen molar-refractivity contribution in [3.63, 3.8) is 0 Å². The number of nitrogens with one attached hydrogen (secondary N) is 1. The third kappa shape index (κ3) is 3.83. The van der Waals surface area contributed by atoms with Gasteiger partial charge in [0.05, 0.1) is 19.8 Å². The lowest BCUT2D eigenvalue weighted by atomic mass is 10.1. The first-order valence-electron chi connectivity index (χ1n) is 8.11. The van der Waals surface area contributed by atoms with Crippen LogP contribution in [0.15, 0.2) is 24.3 Å². The van der Waals surface area contributed by atoms with Gasteiger partial charge in [0.25, 0.3) is 5.91 Å². The number of methoxy groups -OCH3 is 1. The minimum atomic E-state index is -0.0506. The van der Waals surface area contributed by atoms with Gasteiger partial charge < -0.3 is 19.9 Å². The molecule has 3 atom stereocenters. The van der Waals surface area contributed by atoms with Gasteiger partial charge in [-0.15, -0.1) is 0 Å². The highest BCUT2D eigenvalue weighted by molar-refractivity contribution is 5.94. The smallest absolute Gasteiger partial charge is 0.251 e. The van der Waals surface area contributed by atoms with Crippen molar-refractivity contribution in [2.75, 3.05) is 33.4 Å². The summed E-state index contributed by atoms with van der Waals surface area (Å²) in [7, 11) is 1.61. The Kier molecular flexibility index (Phi) is 5.15. The van der Waals surface area contributed by atoms with Crippen molar-refractivity contribution in [3.8, 4) is 5.75 Å². The van der Waals surface area contributed by atoms with Crippen LogP contribution in [-0.4, -0.2) is 67.5 Å². The van der Waals surface area contributed by atoms with E-state index in [-0.39, 0.29) is 24.7 Å². The summed E-state index contributed by atoms with van der Waals surface area (Å²) in [5, 5.41) is 12.1. The summed E-state index contributed by atoms with van der Waals surface area (Å²) in [6.45, 7) is 2.51. The van der Waals surface area contributed by atoms with Crippen molar-refractivity contribution in [1.29, 1.82) is 0 Å². The number of aliphatic hydroxyl groups is 1. The Bertz CT molecular complexity index is 534. The molecule has 2 N–H and O–H groups in total. The summed E-state index contributed by atoms with van der Waals surface area (Å²) in [4.78, 5) is 14.7. The lowest BCUT2D eigenvalue weighted by Crippen LogP contribution is -2.46. The largest absolute Gasteiger partial charge is 0.497 e. The van der Waals surface area contributed by atoms with Crippen LogP contribution in [0.5, 0.6) is 5.75 Å². The summed E-state index contributed by atoms with van der Waals surface area (Å²) >= 11 is 0. The van der Waals surface area contributed by atoms with E-state index in [1.807, 2.05) is 0 Å². The van der Waals surface area contributed by atoms with E-state index >= 15 is 0 Å². The molecule has 23 heavy (non-hydrogen) atoms. The third-order valence-electron chi connectivity index (χ3n) is 4.63. The number of fused-ring (bicyclic) bond motifs is 1. The lowest BCUT2D eigenvalue weighted by molar-refractivity contribution is -0.0566. The second-order valence-corrected chi connectivity index (χ2v) is 6.21. The fourth-order valence-electron chi connectivity index (χ4n) is 3.38. The monoisotopic (exact) mass is 320 g/mol. The predicted molar refractivity (Wildman–Crippen MR) is 85.7 cm³/mol. The van der Waals surface area contributed by atoms with E-state index in [1.165, 1.54) is 0 Å². The first kappa shape index (κ1) is 16.2. The number of hydrogen-bond donors (Lipinski definition) is 2. The minimum absolute atomic E-state index is 0.0506. The summed E-state index contributed by atoms with van der Waals surface area (Å²) < 4.78 is 10.9. The van der Waals surface area contributed by atoms with Gasteiger partial charge in [0, 0.05) is 37.3 Å². The molecule has 0 aliphatic carbocycles. The Morgan fingerprint density at radius 2 is 2.17 bits per heavy atom. The average molecular weight is 320 g/mol. The molecule has 2 aliphatic rings.